The third kappa shape index (κ3) is 55.5. The zero-order valence-electron chi connectivity index (χ0n) is 49.2. The minimum atomic E-state index is -4.71. The van der Waals surface area contributed by atoms with Gasteiger partial charge in [0, 0.05) is 12.8 Å². The molecule has 1 N–H and O–H groups in total. The molecule has 0 saturated heterocycles. The van der Waals surface area contributed by atoms with E-state index in [1.165, 1.54) is 96.3 Å². The average Bonchev–Trinajstić information content (AvgIpc) is 3.37. The summed E-state index contributed by atoms with van der Waals surface area (Å²) >= 11 is 0. The lowest BCUT2D eigenvalue weighted by Crippen LogP contribution is -2.47. The standard InChI is InChI=1S/C65H115N2O7P/c1-7-10-13-16-19-22-25-27-29-31-33-35-37-39-42-45-48-51-54-57-64(68)66-62(61-73-75(70,71)72-60-59-67(4,5)6)63(56-53-50-47-44-41-24-21-18-15-12-9-3)74-65(69)58-55-52-49-46-43-40-38-36-34-32-30-28-26-23-20-17-14-11-8-2/h19-20,22-23,27-30,33-36,39,42,53,56,62-63H,7-18,21,24-26,31-32,37-38,40-41,43-52,54-55,57-61H2,1-6H3,(H-,66,68,70,71)/b22-19-,23-20-,29-27-,30-28-,35-33-,36-34-,42-39-,56-53+. The lowest BCUT2D eigenvalue weighted by atomic mass is 10.1. The maximum absolute atomic E-state index is 13.5. The zero-order chi connectivity index (χ0) is 55.0. The Morgan fingerprint density at radius 3 is 1.25 bits per heavy atom. The number of nitrogens with zero attached hydrogens (tertiary/aromatic N) is 1. The first kappa shape index (κ1) is 71.9. The largest absolute Gasteiger partial charge is 0.756 e. The summed E-state index contributed by atoms with van der Waals surface area (Å²) < 4.78 is 30.2. The number of carbonyl (C=O) groups is 2. The van der Waals surface area contributed by atoms with Crippen LogP contribution in [0.1, 0.15) is 252 Å². The van der Waals surface area contributed by atoms with Crippen LogP contribution in [0, 0.1) is 0 Å². The van der Waals surface area contributed by atoms with Crippen LogP contribution in [0.25, 0.3) is 0 Å². The second-order valence-electron chi connectivity index (χ2n) is 21.5. The quantitative estimate of drug-likeness (QED) is 0.0212. The molecule has 3 atom stereocenters. The molecule has 75 heavy (non-hydrogen) atoms. The number of allylic oxidation sites excluding steroid dienone is 15. The number of likely N-dealkylation sites (N-methyl/N-ethyl adjacent to an activating group) is 1. The van der Waals surface area contributed by atoms with Gasteiger partial charge >= 0.3 is 5.97 Å². The van der Waals surface area contributed by atoms with Gasteiger partial charge in [-0.3, -0.25) is 14.2 Å². The molecular formula is C65H115N2O7P. The van der Waals surface area contributed by atoms with Crippen molar-refractivity contribution >= 4 is 19.7 Å². The second kappa shape index (κ2) is 54.3. The average molecular weight is 1070 g/mol. The summed E-state index contributed by atoms with van der Waals surface area (Å²) in [7, 11) is 1.14. The highest BCUT2D eigenvalue weighted by Crippen LogP contribution is 2.38. The molecule has 0 fully saturated rings. The Labute approximate surface area is 462 Å². The van der Waals surface area contributed by atoms with E-state index in [2.05, 4.69) is 111 Å². The summed E-state index contributed by atoms with van der Waals surface area (Å²) in [5.41, 5.74) is 0. The van der Waals surface area contributed by atoms with Crippen LogP contribution in [0.3, 0.4) is 0 Å². The number of hydrogen-bond donors (Lipinski definition) is 1. The third-order valence-corrected chi connectivity index (χ3v) is 14.0. The topological polar surface area (TPSA) is 114 Å². The van der Waals surface area contributed by atoms with E-state index in [9.17, 15) is 19.0 Å². The van der Waals surface area contributed by atoms with E-state index in [1.54, 1.807) is 0 Å². The van der Waals surface area contributed by atoms with Gasteiger partial charge in [0.1, 0.15) is 19.3 Å². The fraction of sp³-hybridized carbons (Fsp3) is 0.723. The van der Waals surface area contributed by atoms with E-state index < -0.39 is 26.6 Å². The van der Waals surface area contributed by atoms with Crippen LogP contribution in [-0.4, -0.2) is 69.4 Å². The van der Waals surface area contributed by atoms with Gasteiger partial charge in [-0.25, -0.2) is 0 Å². The molecule has 0 spiro atoms. The van der Waals surface area contributed by atoms with E-state index in [1.807, 2.05) is 33.3 Å². The Morgan fingerprint density at radius 2 is 0.813 bits per heavy atom. The number of quaternary nitrogens is 1. The van der Waals surface area contributed by atoms with E-state index in [0.29, 0.717) is 23.9 Å². The van der Waals surface area contributed by atoms with Crippen molar-refractivity contribution < 1.29 is 37.3 Å². The lowest BCUT2D eigenvalue weighted by Gasteiger charge is -2.30. The van der Waals surface area contributed by atoms with Crippen molar-refractivity contribution in [2.45, 2.75) is 264 Å². The second-order valence-corrected chi connectivity index (χ2v) is 22.9. The first-order valence-electron chi connectivity index (χ1n) is 30.5. The molecule has 0 aromatic heterocycles. The van der Waals surface area contributed by atoms with Crippen molar-refractivity contribution in [2.75, 3.05) is 40.9 Å². The molecule has 432 valence electrons. The van der Waals surface area contributed by atoms with Crippen LogP contribution in [0.2, 0.25) is 0 Å². The molecule has 0 aliphatic rings. The molecule has 0 rings (SSSR count). The predicted octanol–water partition coefficient (Wildman–Crippen LogP) is 18.1. The summed E-state index contributed by atoms with van der Waals surface area (Å²) in [5.74, 6) is -0.597. The first-order chi connectivity index (χ1) is 36.4. The molecular weight excluding hydrogens is 952 g/mol. The number of esters is 1. The van der Waals surface area contributed by atoms with Gasteiger partial charge in [-0.2, -0.15) is 0 Å². The maximum Gasteiger partial charge on any atom is 0.306 e. The maximum atomic E-state index is 13.5. The summed E-state index contributed by atoms with van der Waals surface area (Å²) in [6.07, 6.45) is 72.3. The van der Waals surface area contributed by atoms with Gasteiger partial charge in [0.25, 0.3) is 7.82 Å². The highest BCUT2D eigenvalue weighted by atomic mass is 31.2. The number of carbonyl (C=O) groups excluding carboxylic acids is 2. The molecule has 0 radical (unpaired) electrons. The van der Waals surface area contributed by atoms with Crippen molar-refractivity contribution in [3.8, 4) is 0 Å². The van der Waals surface area contributed by atoms with Crippen LogP contribution in [0.5, 0.6) is 0 Å². The molecule has 9 nitrogen and oxygen atoms in total. The molecule has 0 aliphatic heterocycles. The SMILES string of the molecule is CCCCC/C=C\C/C=C\C/C=C\C/C=C\CCCCCC(=O)NC(COP(=O)([O-])OCC[N+](C)(C)C)C(/C=C/CCCCCCCCCCC)OC(=O)CCCCCCCC/C=C\C/C=C\C/C=C\CCCCC. The summed E-state index contributed by atoms with van der Waals surface area (Å²) in [6.45, 7) is 6.74. The summed E-state index contributed by atoms with van der Waals surface area (Å²) in [6, 6.07) is -0.916. The normalized spacial score (nSPS) is 14.4. The highest BCUT2D eigenvalue weighted by Gasteiger charge is 2.27. The number of rotatable bonds is 54. The van der Waals surface area contributed by atoms with Gasteiger partial charge in [-0.15, -0.1) is 0 Å². The highest BCUT2D eigenvalue weighted by molar-refractivity contribution is 7.45. The van der Waals surface area contributed by atoms with Crippen molar-refractivity contribution in [3.05, 3.63) is 97.2 Å². The van der Waals surface area contributed by atoms with E-state index in [0.717, 1.165) is 109 Å². The minimum Gasteiger partial charge on any atom is -0.756 e. The Bertz CT molecular complexity index is 1610. The van der Waals surface area contributed by atoms with Gasteiger partial charge in [-0.1, -0.05) is 221 Å². The molecule has 0 bridgehead atoms. The number of hydrogen-bond acceptors (Lipinski definition) is 7. The fourth-order valence-corrected chi connectivity index (χ4v) is 8.94. The van der Waals surface area contributed by atoms with Gasteiger partial charge in [-0.05, 0) is 115 Å². The predicted molar refractivity (Wildman–Crippen MR) is 321 cm³/mol. The van der Waals surface area contributed by atoms with Crippen LogP contribution >= 0.6 is 7.82 Å². The Balaban J connectivity index is 5.34. The van der Waals surface area contributed by atoms with Crippen molar-refractivity contribution in [1.29, 1.82) is 0 Å². The van der Waals surface area contributed by atoms with Gasteiger partial charge in [0.2, 0.25) is 5.91 Å². The lowest BCUT2D eigenvalue weighted by molar-refractivity contribution is -0.870. The van der Waals surface area contributed by atoms with Gasteiger partial charge in [0.05, 0.1) is 33.8 Å². The first-order valence-corrected chi connectivity index (χ1v) is 32.0. The molecule has 0 aliphatic carbocycles. The number of unbranched alkanes of at least 4 members (excludes halogenated alkanes) is 24. The van der Waals surface area contributed by atoms with Crippen LogP contribution in [0.4, 0.5) is 0 Å². The number of amides is 1. The monoisotopic (exact) mass is 1070 g/mol. The summed E-state index contributed by atoms with van der Waals surface area (Å²) in [4.78, 5) is 39.9. The van der Waals surface area contributed by atoms with Crippen LogP contribution < -0.4 is 10.2 Å². The Hall–Kier alpha value is -3.07. The van der Waals surface area contributed by atoms with E-state index in [-0.39, 0.29) is 31.3 Å². The van der Waals surface area contributed by atoms with Crippen molar-refractivity contribution in [3.63, 3.8) is 0 Å². The van der Waals surface area contributed by atoms with Crippen LogP contribution in [0.15, 0.2) is 97.2 Å². The number of nitrogens with one attached hydrogen (secondary N) is 1. The van der Waals surface area contributed by atoms with Crippen molar-refractivity contribution in [1.82, 2.24) is 5.32 Å². The minimum absolute atomic E-state index is 0.0357. The van der Waals surface area contributed by atoms with Gasteiger partial charge < -0.3 is 28.5 Å². The smallest absolute Gasteiger partial charge is 0.306 e. The molecule has 0 aromatic rings. The van der Waals surface area contributed by atoms with Crippen molar-refractivity contribution in [2.24, 2.45) is 0 Å². The molecule has 1 amide bonds. The third-order valence-electron chi connectivity index (χ3n) is 13.0. The van der Waals surface area contributed by atoms with Crippen LogP contribution in [-0.2, 0) is 27.9 Å². The number of phosphoric ester groups is 1. The number of phosphoric acid groups is 1. The zero-order valence-corrected chi connectivity index (χ0v) is 50.1. The molecule has 0 heterocycles. The molecule has 0 aromatic carbocycles. The Morgan fingerprint density at radius 1 is 0.467 bits per heavy atom. The number of ether oxygens (including phenoxy) is 1. The molecule has 3 unspecified atom stereocenters. The fourth-order valence-electron chi connectivity index (χ4n) is 8.22. The van der Waals surface area contributed by atoms with E-state index in [4.69, 9.17) is 13.8 Å². The summed E-state index contributed by atoms with van der Waals surface area (Å²) in [5, 5.41) is 3.00. The molecule has 10 heteroatoms. The van der Waals surface area contributed by atoms with Gasteiger partial charge in [0.15, 0.2) is 0 Å². The van der Waals surface area contributed by atoms with E-state index >= 15 is 0 Å². The Kier molecular flexibility index (Phi) is 52.1. The molecule has 0 saturated carbocycles.